The van der Waals surface area contributed by atoms with Gasteiger partial charge in [-0.2, -0.15) is 0 Å². The number of carbonyl (C=O) groups is 4. The number of aromatic nitrogens is 1. The van der Waals surface area contributed by atoms with Crippen LogP contribution in [0.2, 0.25) is 0 Å². The molecule has 1 aliphatic heterocycles. The van der Waals surface area contributed by atoms with Crippen molar-refractivity contribution in [2.45, 2.75) is 68.8 Å². The molecular weight excluding hydrogens is 667 g/mol. The maximum atomic E-state index is 13.6. The summed E-state index contributed by atoms with van der Waals surface area (Å²) >= 11 is 0. The summed E-state index contributed by atoms with van der Waals surface area (Å²) in [4.78, 5) is 56.5. The van der Waals surface area contributed by atoms with Crippen LogP contribution in [0.15, 0.2) is 36.5 Å². The number of benzene rings is 1. The molecule has 1 aromatic heterocycles. The van der Waals surface area contributed by atoms with Gasteiger partial charge in [0.1, 0.15) is 12.6 Å². The Hall–Kier alpha value is -3.93. The van der Waals surface area contributed by atoms with Crippen molar-refractivity contribution in [1.29, 1.82) is 0 Å². The summed E-state index contributed by atoms with van der Waals surface area (Å²) in [6.07, 6.45) is 1.47. The zero-order chi connectivity index (χ0) is 36.2. The average molecular weight is 710 g/mol. The van der Waals surface area contributed by atoms with Crippen molar-refractivity contribution in [3.8, 4) is 0 Å². The van der Waals surface area contributed by atoms with E-state index in [1.54, 1.807) is 44.2 Å². The molecule has 0 aliphatic carbocycles. The molecule has 15 nitrogen and oxygen atoms in total. The second-order valence-electron chi connectivity index (χ2n) is 12.4. The zero-order valence-electron chi connectivity index (χ0n) is 27.7. The lowest BCUT2D eigenvalue weighted by molar-refractivity contribution is -0.139. The second kappa shape index (κ2) is 15.1. The molecule has 3 amide bonds. The maximum absolute atomic E-state index is 13.6. The number of amides is 3. The van der Waals surface area contributed by atoms with Gasteiger partial charge in [-0.25, -0.2) is 21.6 Å². The molecule has 2 aromatic rings. The minimum atomic E-state index is -4.25. The van der Waals surface area contributed by atoms with Crippen LogP contribution in [0.25, 0.3) is 0 Å². The minimum Gasteiger partial charge on any atom is -0.480 e. The van der Waals surface area contributed by atoms with Gasteiger partial charge in [-0.15, -0.1) is 0 Å². The first-order chi connectivity index (χ1) is 22.2. The lowest BCUT2D eigenvalue weighted by atomic mass is 9.99. The van der Waals surface area contributed by atoms with E-state index in [2.05, 4.69) is 15.6 Å². The second-order valence-corrected chi connectivity index (χ2v) is 17.5. The maximum Gasteiger partial charge on any atom is 0.328 e. The van der Waals surface area contributed by atoms with Gasteiger partial charge in [0.25, 0.3) is 5.91 Å². The van der Waals surface area contributed by atoms with Gasteiger partial charge in [0, 0.05) is 37.4 Å². The molecule has 2 heterocycles. The highest BCUT2D eigenvalue weighted by atomic mass is 32.3. The number of pyridine rings is 1. The molecule has 1 aromatic carbocycles. The molecule has 1 aliphatic rings. The van der Waals surface area contributed by atoms with Crippen LogP contribution in [-0.2, 0) is 38.8 Å². The van der Waals surface area contributed by atoms with Crippen molar-refractivity contribution in [1.82, 2.24) is 20.5 Å². The van der Waals surface area contributed by atoms with Gasteiger partial charge in [-0.1, -0.05) is 23.8 Å². The molecule has 4 unspecified atom stereocenters. The number of carbonyl (C=O) groups excluding carboxylic acids is 3. The highest BCUT2D eigenvalue weighted by Crippen LogP contribution is 2.33. The quantitative estimate of drug-likeness (QED) is 0.206. The van der Waals surface area contributed by atoms with E-state index in [-0.39, 0.29) is 13.0 Å². The van der Waals surface area contributed by atoms with E-state index in [1.165, 1.54) is 11.1 Å². The molecule has 1 saturated heterocycles. The molecule has 0 radical (unpaired) electrons. The van der Waals surface area contributed by atoms with E-state index < -0.39 is 91.2 Å². The minimum absolute atomic E-state index is 0.105. The third kappa shape index (κ3) is 8.94. The van der Waals surface area contributed by atoms with Crippen LogP contribution >= 0.6 is 0 Å². The standard InChI is InChI=1S/C31H43N5O10S2/c1-18-11-19(2)27(20(3)12-18)29(39)35-23(30(40)41)15-34-25(37)17-46-21-13-24(28(32)22-9-7-8-10-33-22)36(16-21)26(38)14-31(4,47(5,42)43)48(6,44)45/h7-12,21,23-24,28H,13-17,32H2,1-6H3,(H,34,37)(H,35,39)(H,40,41). The highest BCUT2D eigenvalue weighted by Gasteiger charge is 2.50. The van der Waals surface area contributed by atoms with Crippen LogP contribution < -0.4 is 16.4 Å². The van der Waals surface area contributed by atoms with Gasteiger partial charge in [-0.3, -0.25) is 19.4 Å². The number of aliphatic carboxylic acids is 1. The van der Waals surface area contributed by atoms with Gasteiger partial charge >= 0.3 is 5.97 Å². The van der Waals surface area contributed by atoms with Crippen LogP contribution in [0, 0.1) is 20.8 Å². The summed E-state index contributed by atoms with van der Waals surface area (Å²) in [7, 11) is -8.50. The third-order valence-electron chi connectivity index (χ3n) is 8.57. The topological polar surface area (TPSA) is 232 Å². The van der Waals surface area contributed by atoms with E-state index in [1.807, 2.05) is 6.92 Å². The summed E-state index contributed by atoms with van der Waals surface area (Å²) < 4.78 is 53.5. The first-order valence-corrected chi connectivity index (χ1v) is 18.8. The Kier molecular flexibility index (Phi) is 12.1. The summed E-state index contributed by atoms with van der Waals surface area (Å²) in [5.74, 6) is -3.45. The van der Waals surface area contributed by atoms with E-state index in [0.29, 0.717) is 22.4 Å². The smallest absolute Gasteiger partial charge is 0.328 e. The Morgan fingerprint density at radius 2 is 1.69 bits per heavy atom. The summed E-state index contributed by atoms with van der Waals surface area (Å²) in [5.41, 5.74) is 9.54. The predicted molar refractivity (Wildman–Crippen MR) is 176 cm³/mol. The molecule has 0 saturated carbocycles. The number of nitrogens with one attached hydrogen (secondary N) is 2. The molecule has 17 heteroatoms. The van der Waals surface area contributed by atoms with Crippen molar-refractivity contribution in [2.75, 3.05) is 32.2 Å². The van der Waals surface area contributed by atoms with Crippen molar-refractivity contribution in [3.63, 3.8) is 0 Å². The molecule has 264 valence electrons. The fourth-order valence-electron chi connectivity index (χ4n) is 5.69. The van der Waals surface area contributed by atoms with E-state index in [0.717, 1.165) is 25.0 Å². The van der Waals surface area contributed by atoms with Gasteiger partial charge < -0.3 is 31.1 Å². The largest absolute Gasteiger partial charge is 0.480 e. The number of hydrogen-bond acceptors (Lipinski definition) is 11. The van der Waals surface area contributed by atoms with Gasteiger partial charge in [0.15, 0.2) is 23.8 Å². The molecule has 1 fully saturated rings. The summed E-state index contributed by atoms with van der Waals surface area (Å²) in [6, 6.07) is 5.53. The van der Waals surface area contributed by atoms with E-state index in [4.69, 9.17) is 10.5 Å². The first kappa shape index (κ1) is 38.5. The van der Waals surface area contributed by atoms with Crippen LogP contribution in [0.4, 0.5) is 0 Å². The van der Waals surface area contributed by atoms with Gasteiger partial charge in [0.2, 0.25) is 11.8 Å². The number of ether oxygens (including phenoxy) is 1. The SMILES string of the molecule is Cc1cc(C)c(C(=O)NC(CNC(=O)COC2CC(C(N)c3ccccn3)N(C(=O)CC(C)(S(C)(=O)=O)S(C)(=O)=O)C2)C(=O)O)c(C)c1. The monoisotopic (exact) mass is 709 g/mol. The van der Waals surface area contributed by atoms with E-state index >= 15 is 0 Å². The summed E-state index contributed by atoms with van der Waals surface area (Å²) in [5, 5.41) is 14.5. The molecule has 3 rings (SSSR count). The number of likely N-dealkylation sites (tertiary alicyclic amines) is 1. The number of hydrogen-bond donors (Lipinski definition) is 4. The number of carboxylic acid groups (broad SMARTS) is 1. The van der Waals surface area contributed by atoms with Gasteiger partial charge in [-0.05, 0) is 57.4 Å². The van der Waals surface area contributed by atoms with Gasteiger partial charge in [0.05, 0.1) is 30.3 Å². The average Bonchev–Trinajstić information content (AvgIpc) is 3.41. The van der Waals surface area contributed by atoms with Crippen molar-refractivity contribution in [2.24, 2.45) is 5.73 Å². The Morgan fingerprint density at radius 3 is 2.21 bits per heavy atom. The van der Waals surface area contributed by atoms with Crippen LogP contribution in [0.1, 0.15) is 58.5 Å². The van der Waals surface area contributed by atoms with Crippen molar-refractivity contribution in [3.05, 3.63) is 64.5 Å². The lowest BCUT2D eigenvalue weighted by Gasteiger charge is -2.32. The highest BCUT2D eigenvalue weighted by molar-refractivity contribution is 8.09. The Bertz CT molecular complexity index is 1710. The van der Waals surface area contributed by atoms with Crippen LogP contribution in [0.5, 0.6) is 0 Å². The fraction of sp³-hybridized carbons (Fsp3) is 0.516. The fourth-order valence-corrected chi connectivity index (χ4v) is 8.66. The Morgan fingerprint density at radius 1 is 1.08 bits per heavy atom. The third-order valence-corrected chi connectivity index (χ3v) is 13.8. The molecule has 48 heavy (non-hydrogen) atoms. The van der Waals surface area contributed by atoms with Crippen LogP contribution in [-0.4, -0.2) is 110 Å². The number of aryl methyl sites for hydroxylation is 3. The molecule has 0 spiro atoms. The molecular formula is C31H43N5O10S2. The normalized spacial score (nSPS) is 18.2. The number of sulfone groups is 2. The molecule has 0 bridgehead atoms. The summed E-state index contributed by atoms with van der Waals surface area (Å²) in [6.45, 7) is 5.22. The number of carboxylic acids is 1. The first-order valence-electron chi connectivity index (χ1n) is 15.0. The Balaban J connectivity index is 1.70. The number of rotatable bonds is 14. The number of nitrogens with two attached hydrogens (primary N) is 1. The molecule has 5 N–H and O–H groups in total. The molecule has 4 atom stereocenters. The predicted octanol–water partition coefficient (Wildman–Crippen LogP) is 0.188. The van der Waals surface area contributed by atoms with Crippen molar-refractivity contribution < 1.29 is 45.9 Å². The van der Waals surface area contributed by atoms with Crippen molar-refractivity contribution >= 4 is 43.4 Å². The number of nitrogens with zero attached hydrogens (tertiary/aromatic N) is 2. The lowest BCUT2D eigenvalue weighted by Crippen LogP contribution is -2.50. The zero-order valence-corrected chi connectivity index (χ0v) is 29.4. The van der Waals surface area contributed by atoms with Crippen LogP contribution in [0.3, 0.4) is 0 Å². The van der Waals surface area contributed by atoms with E-state index in [9.17, 15) is 41.1 Å². The Labute approximate surface area is 280 Å².